The first-order valence-electron chi connectivity index (χ1n) is 7.89. The van der Waals surface area contributed by atoms with Gasteiger partial charge in [-0.15, -0.1) is 0 Å². The minimum atomic E-state index is -5.65. The van der Waals surface area contributed by atoms with E-state index in [2.05, 4.69) is 4.98 Å². The minimum absolute atomic E-state index is 0.0316. The number of pyridine rings is 1. The highest BCUT2D eigenvalue weighted by Crippen LogP contribution is 2.59. The van der Waals surface area contributed by atoms with Crippen molar-refractivity contribution in [1.29, 1.82) is 0 Å². The number of hydrogen-bond donors (Lipinski definition) is 1. The SMILES string of the molecule is NS(=O)(=O)c1ccc(C2=CC(C(F)(F)F)(C(F)(F)F)C=C2c2ccncc2)cc1. The molecule has 0 spiro atoms. The van der Waals surface area contributed by atoms with Crippen LogP contribution in [0.1, 0.15) is 11.1 Å². The summed E-state index contributed by atoms with van der Waals surface area (Å²) in [5, 5.41) is 4.98. The number of benzene rings is 1. The van der Waals surface area contributed by atoms with Crippen molar-refractivity contribution in [2.75, 3.05) is 0 Å². The van der Waals surface area contributed by atoms with Crippen LogP contribution in [-0.4, -0.2) is 25.8 Å². The van der Waals surface area contributed by atoms with Crippen molar-refractivity contribution in [2.24, 2.45) is 10.6 Å². The van der Waals surface area contributed by atoms with Gasteiger partial charge in [0, 0.05) is 12.4 Å². The molecule has 0 radical (unpaired) electrons. The zero-order valence-electron chi connectivity index (χ0n) is 14.3. The van der Waals surface area contributed by atoms with Crippen molar-refractivity contribution in [3.05, 3.63) is 72.1 Å². The molecule has 4 nitrogen and oxygen atoms in total. The van der Waals surface area contributed by atoms with Crippen molar-refractivity contribution < 1.29 is 34.8 Å². The Bertz CT molecular complexity index is 1070. The Labute approximate surface area is 161 Å². The molecule has 1 heterocycles. The third-order valence-corrected chi connectivity index (χ3v) is 5.39. The molecule has 1 aromatic carbocycles. The molecule has 0 fully saturated rings. The Balaban J connectivity index is 2.26. The first-order valence-corrected chi connectivity index (χ1v) is 9.44. The summed E-state index contributed by atoms with van der Waals surface area (Å²) in [6, 6.07) is 6.78. The van der Waals surface area contributed by atoms with Crippen LogP contribution in [0.25, 0.3) is 11.1 Å². The summed E-state index contributed by atoms with van der Waals surface area (Å²) in [6.07, 6.45) is -8.59. The van der Waals surface area contributed by atoms with E-state index in [4.69, 9.17) is 5.14 Å². The lowest BCUT2D eigenvalue weighted by atomic mass is 9.87. The fourth-order valence-corrected chi connectivity index (χ4v) is 3.49. The average molecular weight is 434 g/mol. The summed E-state index contributed by atoms with van der Waals surface area (Å²) in [4.78, 5) is 3.39. The predicted octanol–water partition coefficient (Wildman–Crippen LogP) is 4.32. The van der Waals surface area contributed by atoms with Crippen molar-refractivity contribution in [1.82, 2.24) is 4.98 Å². The van der Waals surface area contributed by atoms with Gasteiger partial charge in [-0.2, -0.15) is 26.3 Å². The zero-order chi connectivity index (χ0) is 21.7. The zero-order valence-corrected chi connectivity index (χ0v) is 15.1. The summed E-state index contributed by atoms with van der Waals surface area (Å²) in [5.41, 5.74) is -4.77. The number of nitrogens with two attached hydrogens (primary N) is 1. The van der Waals surface area contributed by atoms with Gasteiger partial charge in [-0.05, 0) is 58.7 Å². The molecule has 0 aliphatic heterocycles. The van der Waals surface area contributed by atoms with Gasteiger partial charge in [0.15, 0.2) is 5.41 Å². The third-order valence-electron chi connectivity index (χ3n) is 4.46. The van der Waals surface area contributed by atoms with Gasteiger partial charge >= 0.3 is 12.4 Å². The Hall–Kier alpha value is -2.66. The molecule has 29 heavy (non-hydrogen) atoms. The average Bonchev–Trinajstić information content (AvgIpc) is 3.04. The van der Waals surface area contributed by atoms with Crippen LogP contribution in [0.5, 0.6) is 0 Å². The topological polar surface area (TPSA) is 73.1 Å². The monoisotopic (exact) mass is 434 g/mol. The number of nitrogens with zero attached hydrogens (tertiary/aromatic N) is 1. The van der Waals surface area contributed by atoms with E-state index in [1.165, 1.54) is 24.5 Å². The van der Waals surface area contributed by atoms with E-state index in [-0.39, 0.29) is 39.3 Å². The normalized spacial score (nSPS) is 17.1. The molecule has 0 unspecified atom stereocenters. The molecular weight excluding hydrogens is 422 g/mol. The molecule has 2 N–H and O–H groups in total. The third kappa shape index (κ3) is 3.67. The molecule has 0 atom stereocenters. The number of alkyl halides is 6. The van der Waals surface area contributed by atoms with E-state index in [0.29, 0.717) is 0 Å². The maximum Gasteiger partial charge on any atom is 0.410 e. The van der Waals surface area contributed by atoms with Gasteiger partial charge < -0.3 is 0 Å². The maximum absolute atomic E-state index is 13.6. The summed E-state index contributed by atoms with van der Waals surface area (Å²) in [7, 11) is -4.08. The Morgan fingerprint density at radius 3 is 1.55 bits per heavy atom. The van der Waals surface area contributed by atoms with Crippen LogP contribution in [-0.2, 0) is 10.0 Å². The standard InChI is InChI=1S/C18H12F6N2O2S/c19-17(20,21)16(18(22,23)24)9-14(15(10-16)12-5-7-26-8-6-12)11-1-3-13(4-2-11)29(25,27)28/h1-10H,(H2,25,27,28). The van der Waals surface area contributed by atoms with Gasteiger partial charge in [0.25, 0.3) is 0 Å². The van der Waals surface area contributed by atoms with Gasteiger partial charge in [-0.25, -0.2) is 13.6 Å². The van der Waals surface area contributed by atoms with E-state index in [0.717, 1.165) is 24.3 Å². The summed E-state index contributed by atoms with van der Waals surface area (Å²) < 4.78 is 104. The molecule has 1 aromatic heterocycles. The Kier molecular flexibility index (Phi) is 4.86. The second kappa shape index (κ2) is 6.70. The first kappa shape index (κ1) is 21.1. The van der Waals surface area contributed by atoms with E-state index >= 15 is 0 Å². The quantitative estimate of drug-likeness (QED) is 0.732. The number of rotatable bonds is 3. The van der Waals surface area contributed by atoms with Gasteiger partial charge in [0.05, 0.1) is 4.90 Å². The first-order chi connectivity index (χ1) is 13.3. The summed E-state index contributed by atoms with van der Waals surface area (Å²) >= 11 is 0. The lowest BCUT2D eigenvalue weighted by Crippen LogP contribution is -2.46. The van der Waals surface area contributed by atoms with Crippen molar-refractivity contribution in [3.8, 4) is 0 Å². The lowest BCUT2D eigenvalue weighted by Gasteiger charge is -2.30. The van der Waals surface area contributed by atoms with Gasteiger partial charge in [0.1, 0.15) is 0 Å². The largest absolute Gasteiger partial charge is 0.410 e. The van der Waals surface area contributed by atoms with Crippen LogP contribution >= 0.6 is 0 Å². The van der Waals surface area contributed by atoms with Gasteiger partial charge in [-0.1, -0.05) is 12.1 Å². The van der Waals surface area contributed by atoms with Crippen LogP contribution in [0.3, 0.4) is 0 Å². The lowest BCUT2D eigenvalue weighted by molar-refractivity contribution is -0.301. The number of allylic oxidation sites excluding steroid dienone is 4. The van der Waals surface area contributed by atoms with Crippen LogP contribution in [0.4, 0.5) is 26.3 Å². The molecule has 154 valence electrons. The molecule has 2 aromatic rings. The molecule has 11 heteroatoms. The molecule has 3 rings (SSSR count). The highest BCUT2D eigenvalue weighted by molar-refractivity contribution is 7.89. The number of sulfonamides is 1. The Morgan fingerprint density at radius 1 is 0.759 bits per heavy atom. The maximum atomic E-state index is 13.6. The second-order valence-electron chi connectivity index (χ2n) is 6.29. The van der Waals surface area contributed by atoms with E-state index < -0.39 is 27.8 Å². The van der Waals surface area contributed by atoms with Crippen LogP contribution < -0.4 is 5.14 Å². The fourth-order valence-electron chi connectivity index (χ4n) is 2.97. The molecule has 0 saturated carbocycles. The van der Waals surface area contributed by atoms with Crippen molar-refractivity contribution in [2.45, 2.75) is 17.2 Å². The number of hydrogen-bond acceptors (Lipinski definition) is 3. The van der Waals surface area contributed by atoms with Gasteiger partial charge in [0.2, 0.25) is 10.0 Å². The molecule has 0 amide bonds. The minimum Gasteiger partial charge on any atom is -0.265 e. The van der Waals surface area contributed by atoms with Crippen LogP contribution in [0.15, 0.2) is 65.8 Å². The van der Waals surface area contributed by atoms with Crippen molar-refractivity contribution in [3.63, 3.8) is 0 Å². The van der Waals surface area contributed by atoms with E-state index in [9.17, 15) is 34.8 Å². The number of primary sulfonamides is 1. The number of halogens is 6. The van der Waals surface area contributed by atoms with E-state index in [1.54, 1.807) is 0 Å². The molecule has 0 saturated heterocycles. The summed E-state index contributed by atoms with van der Waals surface area (Å²) in [6.45, 7) is 0. The highest BCUT2D eigenvalue weighted by atomic mass is 32.2. The fraction of sp³-hybridized carbons (Fsp3) is 0.167. The molecular formula is C18H12F6N2O2S. The molecule has 1 aliphatic carbocycles. The summed E-state index contributed by atoms with van der Waals surface area (Å²) in [5.74, 6) is 0. The smallest absolute Gasteiger partial charge is 0.265 e. The van der Waals surface area contributed by atoms with Gasteiger partial charge in [-0.3, -0.25) is 4.98 Å². The second-order valence-corrected chi connectivity index (χ2v) is 7.85. The van der Waals surface area contributed by atoms with Crippen LogP contribution in [0, 0.1) is 5.41 Å². The van der Waals surface area contributed by atoms with Crippen LogP contribution in [0.2, 0.25) is 0 Å². The molecule has 0 bridgehead atoms. The highest BCUT2D eigenvalue weighted by Gasteiger charge is 2.70. The van der Waals surface area contributed by atoms with Crippen molar-refractivity contribution >= 4 is 21.2 Å². The number of aromatic nitrogens is 1. The van der Waals surface area contributed by atoms with E-state index in [1.807, 2.05) is 0 Å². The predicted molar refractivity (Wildman–Crippen MR) is 92.5 cm³/mol. The Morgan fingerprint density at radius 2 is 1.17 bits per heavy atom. The molecule has 1 aliphatic rings.